The van der Waals surface area contributed by atoms with Crippen LogP contribution in [0.5, 0.6) is 0 Å². The van der Waals surface area contributed by atoms with Gasteiger partial charge in [0.15, 0.2) is 0 Å². The zero-order valence-corrected chi connectivity index (χ0v) is 12.6. The normalized spacial score (nSPS) is 11.1. The fourth-order valence-electron chi connectivity index (χ4n) is 2.34. The van der Waals surface area contributed by atoms with Crippen LogP contribution >= 0.6 is 11.3 Å². The van der Waals surface area contributed by atoms with Crippen LogP contribution < -0.4 is 5.56 Å². The number of benzene rings is 1. The maximum absolute atomic E-state index is 12.7. The van der Waals surface area contributed by atoms with Crippen LogP contribution in [0.15, 0.2) is 46.8 Å². The second-order valence-electron chi connectivity index (χ2n) is 4.79. The lowest BCUT2D eigenvalue weighted by atomic mass is 10.1. The van der Waals surface area contributed by atoms with E-state index in [0.29, 0.717) is 18.5 Å². The van der Waals surface area contributed by atoms with E-state index >= 15 is 0 Å². The Balaban J connectivity index is 2.07. The minimum Gasteiger partial charge on any atom is -0.385 e. The smallest absolute Gasteiger partial charge is 0.262 e. The highest BCUT2D eigenvalue weighted by Gasteiger charge is 2.12. The van der Waals surface area contributed by atoms with Gasteiger partial charge in [0.2, 0.25) is 0 Å². The van der Waals surface area contributed by atoms with Crippen LogP contribution in [0.4, 0.5) is 0 Å². The molecule has 3 aromatic rings. The average molecular weight is 300 g/mol. The monoisotopic (exact) mass is 300 g/mol. The molecule has 108 valence electrons. The number of aromatic nitrogens is 2. The minimum atomic E-state index is 0.0243. The number of nitrogens with zero attached hydrogens (tertiary/aromatic N) is 2. The van der Waals surface area contributed by atoms with E-state index in [2.05, 4.69) is 4.98 Å². The molecule has 0 N–H and O–H groups in total. The Labute approximate surface area is 126 Å². The summed E-state index contributed by atoms with van der Waals surface area (Å²) in [7, 11) is 1.66. The van der Waals surface area contributed by atoms with Crippen LogP contribution in [0.2, 0.25) is 0 Å². The van der Waals surface area contributed by atoms with Crippen LogP contribution in [-0.2, 0) is 11.3 Å². The molecule has 5 heteroatoms. The first-order valence-corrected chi connectivity index (χ1v) is 7.70. The van der Waals surface area contributed by atoms with Crippen molar-refractivity contribution >= 4 is 21.6 Å². The lowest BCUT2D eigenvalue weighted by molar-refractivity contribution is 0.190. The molecule has 4 nitrogen and oxygen atoms in total. The lowest BCUT2D eigenvalue weighted by Crippen LogP contribution is -2.21. The number of hydrogen-bond acceptors (Lipinski definition) is 4. The molecule has 0 fully saturated rings. The van der Waals surface area contributed by atoms with E-state index in [1.165, 1.54) is 11.3 Å². The quantitative estimate of drug-likeness (QED) is 0.680. The summed E-state index contributed by atoms with van der Waals surface area (Å²) in [6.45, 7) is 1.26. The molecule has 0 unspecified atom stereocenters. The molecule has 0 aliphatic rings. The number of fused-ring (bicyclic) bond motifs is 1. The van der Waals surface area contributed by atoms with Gasteiger partial charge in [-0.1, -0.05) is 30.3 Å². The first kappa shape index (κ1) is 14.0. The maximum atomic E-state index is 12.7. The molecule has 0 saturated carbocycles. The van der Waals surface area contributed by atoms with Crippen molar-refractivity contribution in [1.29, 1.82) is 0 Å². The molecule has 0 bridgehead atoms. The van der Waals surface area contributed by atoms with Gasteiger partial charge in [-0.15, -0.1) is 11.3 Å². The van der Waals surface area contributed by atoms with Crippen molar-refractivity contribution in [3.8, 4) is 11.1 Å². The summed E-state index contributed by atoms with van der Waals surface area (Å²) in [6.07, 6.45) is 2.43. The molecule has 0 aliphatic carbocycles. The van der Waals surface area contributed by atoms with Crippen molar-refractivity contribution in [2.75, 3.05) is 13.7 Å². The van der Waals surface area contributed by atoms with E-state index in [4.69, 9.17) is 4.74 Å². The van der Waals surface area contributed by atoms with Crippen LogP contribution in [-0.4, -0.2) is 23.3 Å². The SMILES string of the molecule is COCCCn1cnc2scc(-c3ccccc3)c2c1=O. The maximum Gasteiger partial charge on any atom is 0.262 e. The van der Waals surface area contributed by atoms with Crippen molar-refractivity contribution in [2.24, 2.45) is 0 Å². The van der Waals surface area contributed by atoms with Crippen molar-refractivity contribution in [3.05, 3.63) is 52.4 Å². The summed E-state index contributed by atoms with van der Waals surface area (Å²) in [5.74, 6) is 0. The second-order valence-corrected chi connectivity index (χ2v) is 5.64. The second kappa shape index (κ2) is 6.20. The van der Waals surface area contributed by atoms with Gasteiger partial charge in [0, 0.05) is 31.2 Å². The predicted octanol–water partition coefficient (Wildman–Crippen LogP) is 3.16. The Morgan fingerprint density at radius 3 is 2.86 bits per heavy atom. The summed E-state index contributed by atoms with van der Waals surface area (Å²) >= 11 is 1.51. The number of ether oxygens (including phenoxy) is 1. The molecule has 2 aromatic heterocycles. The molecule has 0 saturated heterocycles. The fourth-order valence-corrected chi connectivity index (χ4v) is 3.24. The van der Waals surface area contributed by atoms with Crippen LogP contribution in [0.25, 0.3) is 21.3 Å². The van der Waals surface area contributed by atoms with Gasteiger partial charge < -0.3 is 4.74 Å². The zero-order valence-electron chi connectivity index (χ0n) is 11.8. The first-order chi connectivity index (χ1) is 10.3. The van der Waals surface area contributed by atoms with Crippen LogP contribution in [0.3, 0.4) is 0 Å². The topological polar surface area (TPSA) is 44.1 Å². The summed E-state index contributed by atoms with van der Waals surface area (Å²) in [4.78, 5) is 17.9. The summed E-state index contributed by atoms with van der Waals surface area (Å²) in [5.41, 5.74) is 2.04. The Morgan fingerprint density at radius 2 is 2.10 bits per heavy atom. The van der Waals surface area contributed by atoms with Gasteiger partial charge in [-0.05, 0) is 12.0 Å². The van der Waals surface area contributed by atoms with Gasteiger partial charge in [-0.3, -0.25) is 9.36 Å². The molecule has 3 rings (SSSR count). The van der Waals surface area contributed by atoms with E-state index < -0.39 is 0 Å². The molecule has 0 spiro atoms. The molecule has 0 amide bonds. The Morgan fingerprint density at radius 1 is 1.29 bits per heavy atom. The highest BCUT2D eigenvalue weighted by Crippen LogP contribution is 2.30. The van der Waals surface area contributed by atoms with Crippen LogP contribution in [0, 0.1) is 0 Å². The lowest BCUT2D eigenvalue weighted by Gasteiger charge is -2.05. The summed E-state index contributed by atoms with van der Waals surface area (Å²) in [6, 6.07) is 9.96. The van der Waals surface area contributed by atoms with E-state index in [1.54, 1.807) is 18.0 Å². The molecular weight excluding hydrogens is 284 g/mol. The number of thiophene rings is 1. The molecule has 0 radical (unpaired) electrons. The molecule has 0 atom stereocenters. The molecule has 21 heavy (non-hydrogen) atoms. The van der Waals surface area contributed by atoms with Gasteiger partial charge >= 0.3 is 0 Å². The Hall–Kier alpha value is -1.98. The number of methoxy groups -OCH3 is 1. The van der Waals surface area contributed by atoms with Gasteiger partial charge in [0.1, 0.15) is 4.83 Å². The van der Waals surface area contributed by atoms with Gasteiger partial charge in [-0.2, -0.15) is 0 Å². The highest BCUT2D eigenvalue weighted by molar-refractivity contribution is 7.17. The highest BCUT2D eigenvalue weighted by atomic mass is 32.1. The van der Waals surface area contributed by atoms with Gasteiger partial charge in [0.25, 0.3) is 5.56 Å². The third-order valence-corrected chi connectivity index (χ3v) is 4.28. The molecule has 2 heterocycles. The fraction of sp³-hybridized carbons (Fsp3) is 0.250. The minimum absolute atomic E-state index is 0.0243. The summed E-state index contributed by atoms with van der Waals surface area (Å²) in [5, 5.41) is 2.72. The van der Waals surface area contributed by atoms with E-state index in [9.17, 15) is 4.79 Å². The molecule has 0 aliphatic heterocycles. The third kappa shape index (κ3) is 2.75. The number of rotatable bonds is 5. The van der Waals surface area contributed by atoms with Crippen LogP contribution in [0.1, 0.15) is 6.42 Å². The molecule has 1 aromatic carbocycles. The zero-order chi connectivity index (χ0) is 14.7. The van der Waals surface area contributed by atoms with E-state index in [-0.39, 0.29) is 5.56 Å². The van der Waals surface area contributed by atoms with Gasteiger partial charge in [0.05, 0.1) is 11.7 Å². The van der Waals surface area contributed by atoms with Crippen molar-refractivity contribution in [3.63, 3.8) is 0 Å². The molecular formula is C16H16N2O2S. The van der Waals surface area contributed by atoms with Gasteiger partial charge in [-0.25, -0.2) is 4.98 Å². The average Bonchev–Trinajstić information content (AvgIpc) is 2.95. The standard InChI is InChI=1S/C16H16N2O2S/c1-20-9-5-8-18-11-17-15-14(16(18)19)13(10-21-15)12-6-3-2-4-7-12/h2-4,6-7,10-11H,5,8-9H2,1H3. The predicted molar refractivity (Wildman–Crippen MR) is 85.8 cm³/mol. The van der Waals surface area contributed by atoms with Crippen molar-refractivity contribution in [1.82, 2.24) is 9.55 Å². The number of hydrogen-bond donors (Lipinski definition) is 0. The largest absolute Gasteiger partial charge is 0.385 e. The van der Waals surface area contributed by atoms with Crippen molar-refractivity contribution in [2.45, 2.75) is 13.0 Å². The van der Waals surface area contributed by atoms with E-state index in [0.717, 1.165) is 22.4 Å². The third-order valence-electron chi connectivity index (χ3n) is 3.39. The Bertz CT molecular complexity index is 793. The van der Waals surface area contributed by atoms with E-state index in [1.807, 2.05) is 35.7 Å². The first-order valence-electron chi connectivity index (χ1n) is 6.82. The summed E-state index contributed by atoms with van der Waals surface area (Å²) < 4.78 is 6.70. The Kier molecular flexibility index (Phi) is 4.13. The number of aryl methyl sites for hydroxylation is 1. The van der Waals surface area contributed by atoms with Crippen molar-refractivity contribution < 1.29 is 4.74 Å².